The molecule has 0 aromatic heterocycles. The van der Waals surface area contributed by atoms with Gasteiger partial charge in [-0.3, -0.25) is 4.79 Å². The Balaban J connectivity index is 2.48. The van der Waals surface area contributed by atoms with Gasteiger partial charge in [0.15, 0.2) is 6.61 Å². The molecule has 1 N–H and O–H groups in total. The summed E-state index contributed by atoms with van der Waals surface area (Å²) in [7, 11) is 0. The van der Waals surface area contributed by atoms with Gasteiger partial charge in [0.1, 0.15) is 5.75 Å². The summed E-state index contributed by atoms with van der Waals surface area (Å²) in [6.45, 7) is 0.297. The molecule has 1 atom stereocenters. The van der Waals surface area contributed by atoms with Crippen molar-refractivity contribution in [2.75, 3.05) is 6.61 Å². The first-order valence-corrected chi connectivity index (χ1v) is 9.15. The first-order chi connectivity index (χ1) is 13.9. The number of rotatable bonds is 8. The van der Waals surface area contributed by atoms with Gasteiger partial charge in [-0.1, -0.05) is 38.0 Å². The molecule has 0 saturated heterocycles. The zero-order chi connectivity index (χ0) is 22.5. The molecule has 9 heteroatoms. The normalized spacial score (nSPS) is 13.2. The highest BCUT2D eigenvalue weighted by molar-refractivity contribution is 5.78. The Kier molecular flexibility index (Phi) is 7.39. The summed E-state index contributed by atoms with van der Waals surface area (Å²) in [4.78, 5) is 11.7. The van der Waals surface area contributed by atoms with Crippen LogP contribution >= 0.6 is 0 Å². The second kappa shape index (κ2) is 9.40. The Morgan fingerprint density at radius 2 is 1.63 bits per heavy atom. The standard InChI is InChI=1S/C21H20F6O3/c1-2-3-4-18(19(28)29)15-9-14(10-17(11-15)30-12-20(22,23)24)13-5-7-16(8-6-13)21(25,26)27/h5-11,18H,2-4,12H2,1H3,(H,28,29). The minimum atomic E-state index is -4.60. The van der Waals surface area contributed by atoms with Crippen molar-refractivity contribution in [2.45, 2.75) is 44.5 Å². The third-order valence-electron chi connectivity index (χ3n) is 4.42. The van der Waals surface area contributed by atoms with Crippen LogP contribution in [0.5, 0.6) is 5.75 Å². The Morgan fingerprint density at radius 1 is 1.00 bits per heavy atom. The smallest absolute Gasteiger partial charge is 0.422 e. The molecule has 0 radical (unpaired) electrons. The van der Waals surface area contributed by atoms with Crippen LogP contribution in [0.25, 0.3) is 11.1 Å². The fourth-order valence-corrected chi connectivity index (χ4v) is 2.93. The van der Waals surface area contributed by atoms with Gasteiger partial charge in [0.2, 0.25) is 0 Å². The van der Waals surface area contributed by atoms with Crippen molar-refractivity contribution >= 4 is 5.97 Å². The van der Waals surface area contributed by atoms with Crippen LogP contribution in [0.3, 0.4) is 0 Å². The molecule has 0 fully saturated rings. The van der Waals surface area contributed by atoms with Gasteiger partial charge in [-0.15, -0.1) is 0 Å². The molecule has 2 rings (SSSR count). The van der Waals surface area contributed by atoms with Gasteiger partial charge in [0.25, 0.3) is 0 Å². The quantitative estimate of drug-likeness (QED) is 0.472. The molecule has 1 unspecified atom stereocenters. The maximum absolute atomic E-state index is 12.8. The second-order valence-electron chi connectivity index (χ2n) is 6.80. The van der Waals surface area contributed by atoms with Gasteiger partial charge in [-0.05, 0) is 47.4 Å². The molecule has 164 valence electrons. The third kappa shape index (κ3) is 6.67. The average Bonchev–Trinajstić information content (AvgIpc) is 2.65. The van der Waals surface area contributed by atoms with Gasteiger partial charge in [-0.2, -0.15) is 26.3 Å². The van der Waals surface area contributed by atoms with E-state index in [0.29, 0.717) is 12.0 Å². The van der Waals surface area contributed by atoms with Gasteiger partial charge in [-0.25, -0.2) is 0 Å². The van der Waals surface area contributed by atoms with Gasteiger partial charge in [0, 0.05) is 0 Å². The maximum atomic E-state index is 12.8. The van der Waals surface area contributed by atoms with E-state index >= 15 is 0 Å². The highest BCUT2D eigenvalue weighted by Gasteiger charge is 2.31. The van der Waals surface area contributed by atoms with E-state index in [1.807, 2.05) is 6.92 Å². The predicted molar refractivity (Wildman–Crippen MR) is 98.3 cm³/mol. The molecular formula is C21H20F6O3. The summed E-state index contributed by atoms with van der Waals surface area (Å²) in [6, 6.07) is 7.99. The molecule has 0 amide bonds. The fourth-order valence-electron chi connectivity index (χ4n) is 2.93. The van der Waals surface area contributed by atoms with Crippen LogP contribution in [0.15, 0.2) is 42.5 Å². The maximum Gasteiger partial charge on any atom is 0.422 e. The van der Waals surface area contributed by atoms with Gasteiger partial charge in [0.05, 0.1) is 11.5 Å². The molecule has 0 aliphatic heterocycles. The second-order valence-corrected chi connectivity index (χ2v) is 6.80. The lowest BCUT2D eigenvalue weighted by atomic mass is 9.90. The van der Waals surface area contributed by atoms with Gasteiger partial charge >= 0.3 is 18.3 Å². The van der Waals surface area contributed by atoms with E-state index in [2.05, 4.69) is 0 Å². The number of carboxylic acids is 1. The summed E-state index contributed by atoms with van der Waals surface area (Å²) < 4.78 is 80.8. The molecule has 2 aromatic rings. The van der Waals surface area contributed by atoms with Crippen molar-refractivity contribution in [3.05, 3.63) is 53.6 Å². The summed E-state index contributed by atoms with van der Waals surface area (Å²) in [5.41, 5.74) is -0.0877. The molecule has 0 saturated carbocycles. The minimum Gasteiger partial charge on any atom is -0.484 e. The van der Waals surface area contributed by atoms with Crippen molar-refractivity contribution in [3.8, 4) is 16.9 Å². The van der Waals surface area contributed by atoms with Crippen LogP contribution < -0.4 is 4.74 Å². The lowest BCUT2D eigenvalue weighted by Crippen LogP contribution is -2.19. The summed E-state index contributed by atoms with van der Waals surface area (Å²) >= 11 is 0. The van der Waals surface area contributed by atoms with Crippen molar-refractivity contribution in [1.82, 2.24) is 0 Å². The van der Waals surface area contributed by atoms with Crippen LogP contribution in [-0.2, 0) is 11.0 Å². The van der Waals surface area contributed by atoms with Crippen LogP contribution in [0, 0.1) is 0 Å². The van der Waals surface area contributed by atoms with Crippen molar-refractivity contribution in [2.24, 2.45) is 0 Å². The number of carbonyl (C=O) groups is 1. The van der Waals surface area contributed by atoms with E-state index in [9.17, 15) is 36.2 Å². The molecule has 30 heavy (non-hydrogen) atoms. The Hall–Kier alpha value is -2.71. The number of hydrogen-bond donors (Lipinski definition) is 1. The van der Waals surface area contributed by atoms with Gasteiger partial charge < -0.3 is 9.84 Å². The van der Waals surface area contributed by atoms with E-state index in [1.54, 1.807) is 0 Å². The number of aliphatic carboxylic acids is 1. The van der Waals surface area contributed by atoms with E-state index in [0.717, 1.165) is 18.6 Å². The number of halogens is 6. The van der Waals surface area contributed by atoms with E-state index in [1.165, 1.54) is 30.3 Å². The number of alkyl halides is 6. The molecule has 0 bridgehead atoms. The van der Waals surface area contributed by atoms with Crippen LogP contribution in [0.1, 0.15) is 43.2 Å². The van der Waals surface area contributed by atoms with Crippen LogP contribution in [-0.4, -0.2) is 23.9 Å². The SMILES string of the molecule is CCCCC(C(=O)O)c1cc(OCC(F)(F)F)cc(-c2ccc(C(F)(F)F)cc2)c1. The first kappa shape index (κ1) is 23.6. The Morgan fingerprint density at radius 3 is 2.13 bits per heavy atom. The Labute approximate surface area is 169 Å². The predicted octanol–water partition coefficient (Wildman–Crippen LogP) is 6.67. The van der Waals surface area contributed by atoms with E-state index < -0.39 is 36.4 Å². The fraction of sp³-hybridized carbons (Fsp3) is 0.381. The summed E-state index contributed by atoms with van der Waals surface area (Å²) in [6.07, 6.45) is -7.56. The molecule has 0 spiro atoms. The number of ether oxygens (including phenoxy) is 1. The third-order valence-corrected chi connectivity index (χ3v) is 4.42. The molecule has 2 aromatic carbocycles. The number of benzene rings is 2. The monoisotopic (exact) mass is 434 g/mol. The largest absolute Gasteiger partial charge is 0.484 e. The minimum absolute atomic E-state index is 0.206. The highest BCUT2D eigenvalue weighted by atomic mass is 19.4. The zero-order valence-corrected chi connectivity index (χ0v) is 16.0. The molecule has 0 heterocycles. The summed E-state index contributed by atoms with van der Waals surface area (Å²) in [5.74, 6) is -2.33. The zero-order valence-electron chi connectivity index (χ0n) is 16.0. The lowest BCUT2D eigenvalue weighted by molar-refractivity contribution is -0.153. The topological polar surface area (TPSA) is 46.5 Å². The molecular weight excluding hydrogens is 414 g/mol. The molecule has 3 nitrogen and oxygen atoms in total. The number of hydrogen-bond acceptors (Lipinski definition) is 2. The molecule has 0 aliphatic carbocycles. The van der Waals surface area contributed by atoms with E-state index in [-0.39, 0.29) is 23.3 Å². The van der Waals surface area contributed by atoms with Crippen LogP contribution in [0.4, 0.5) is 26.3 Å². The van der Waals surface area contributed by atoms with Crippen molar-refractivity contribution in [3.63, 3.8) is 0 Å². The highest BCUT2D eigenvalue weighted by Crippen LogP contribution is 2.35. The number of unbranched alkanes of at least 4 members (excludes halogenated alkanes) is 1. The van der Waals surface area contributed by atoms with Crippen molar-refractivity contribution in [1.29, 1.82) is 0 Å². The van der Waals surface area contributed by atoms with E-state index in [4.69, 9.17) is 4.74 Å². The molecule has 0 aliphatic rings. The van der Waals surface area contributed by atoms with Crippen LogP contribution in [0.2, 0.25) is 0 Å². The first-order valence-electron chi connectivity index (χ1n) is 9.15. The van der Waals surface area contributed by atoms with Crippen molar-refractivity contribution < 1.29 is 41.0 Å². The number of carboxylic acid groups (broad SMARTS) is 1. The summed E-state index contributed by atoms with van der Waals surface area (Å²) in [5, 5.41) is 9.54. The average molecular weight is 434 g/mol. The Bertz CT molecular complexity index is 857. The lowest BCUT2D eigenvalue weighted by Gasteiger charge is -2.17.